The second-order valence-corrected chi connectivity index (χ2v) is 4.54. The van der Waals surface area contributed by atoms with Crippen LogP contribution in [-0.4, -0.2) is 12.0 Å². The molecule has 1 N–H and O–H groups in total. The van der Waals surface area contributed by atoms with Gasteiger partial charge in [-0.1, -0.05) is 29.3 Å². The topological polar surface area (TPSA) is 24.9 Å². The third kappa shape index (κ3) is 2.74. The predicted octanol–water partition coefficient (Wildman–Crippen LogP) is 3.15. The number of hydrogen-bond donors (Lipinski definition) is 1. The van der Waals surface area contributed by atoms with E-state index >= 15 is 0 Å². The maximum atomic E-state index is 12.9. The first kappa shape index (κ1) is 12.7. The van der Waals surface area contributed by atoms with Gasteiger partial charge in [0.15, 0.2) is 0 Å². The van der Waals surface area contributed by atoms with Crippen LogP contribution in [0.3, 0.4) is 0 Å². The quantitative estimate of drug-likeness (QED) is 0.897. The Kier molecular flexibility index (Phi) is 3.72. The summed E-state index contributed by atoms with van der Waals surface area (Å²) in [6, 6.07) is 9.53. The molecule has 0 saturated carbocycles. The normalized spacial score (nSPS) is 12.4. The van der Waals surface area contributed by atoms with Gasteiger partial charge in [0.2, 0.25) is 0 Å². The zero-order valence-electron chi connectivity index (χ0n) is 10.9. The van der Waals surface area contributed by atoms with E-state index in [4.69, 9.17) is 0 Å². The summed E-state index contributed by atoms with van der Waals surface area (Å²) in [7, 11) is 1.88. The van der Waals surface area contributed by atoms with E-state index in [1.807, 2.05) is 7.05 Å². The van der Waals surface area contributed by atoms with Gasteiger partial charge in [-0.25, -0.2) is 4.39 Å². The van der Waals surface area contributed by atoms with Crippen molar-refractivity contribution in [3.63, 3.8) is 0 Å². The van der Waals surface area contributed by atoms with Crippen molar-refractivity contribution in [1.29, 1.82) is 0 Å². The number of pyridine rings is 1. The van der Waals surface area contributed by atoms with Gasteiger partial charge >= 0.3 is 0 Å². The van der Waals surface area contributed by atoms with Crippen LogP contribution in [0.4, 0.5) is 4.39 Å². The van der Waals surface area contributed by atoms with Gasteiger partial charge in [0.25, 0.3) is 0 Å². The molecule has 2 nitrogen and oxygen atoms in total. The van der Waals surface area contributed by atoms with Crippen LogP contribution in [0.15, 0.2) is 36.5 Å². The number of halogens is 1. The maximum absolute atomic E-state index is 12.9. The zero-order chi connectivity index (χ0) is 13.1. The Bertz CT molecular complexity index is 514. The fraction of sp³-hybridized carbons (Fsp3) is 0.267. The van der Waals surface area contributed by atoms with Crippen molar-refractivity contribution in [2.45, 2.75) is 19.9 Å². The summed E-state index contributed by atoms with van der Waals surface area (Å²) in [6.07, 6.45) is 1.25. The van der Waals surface area contributed by atoms with E-state index in [9.17, 15) is 4.39 Å². The SMILES string of the molecule is CNC(c1cc(C)cc(C)c1)c1ccc(F)cn1. The molecule has 0 aliphatic rings. The van der Waals surface area contributed by atoms with Crippen LogP contribution in [0.5, 0.6) is 0 Å². The predicted molar refractivity (Wildman–Crippen MR) is 71.0 cm³/mol. The van der Waals surface area contributed by atoms with E-state index in [1.165, 1.54) is 23.4 Å². The van der Waals surface area contributed by atoms with E-state index in [0.717, 1.165) is 11.3 Å². The summed E-state index contributed by atoms with van der Waals surface area (Å²) in [5.41, 5.74) is 4.40. The molecule has 0 spiro atoms. The lowest BCUT2D eigenvalue weighted by Gasteiger charge is -2.17. The highest BCUT2D eigenvalue weighted by atomic mass is 19.1. The van der Waals surface area contributed by atoms with Gasteiger partial charge in [-0.3, -0.25) is 4.98 Å². The maximum Gasteiger partial charge on any atom is 0.141 e. The van der Waals surface area contributed by atoms with E-state index in [1.54, 1.807) is 6.07 Å². The van der Waals surface area contributed by atoms with Gasteiger partial charge in [-0.15, -0.1) is 0 Å². The number of rotatable bonds is 3. The standard InChI is InChI=1S/C15H17FN2/c1-10-6-11(2)8-12(7-10)15(17-3)14-5-4-13(16)9-18-14/h4-9,15,17H,1-3H3. The summed E-state index contributed by atoms with van der Waals surface area (Å²) < 4.78 is 12.9. The lowest BCUT2D eigenvalue weighted by atomic mass is 9.99. The Hall–Kier alpha value is -1.74. The number of aryl methyl sites for hydroxylation is 2. The molecule has 1 atom stereocenters. The van der Waals surface area contributed by atoms with Gasteiger partial charge in [-0.05, 0) is 38.6 Å². The summed E-state index contributed by atoms with van der Waals surface area (Å²) in [5, 5.41) is 3.22. The van der Waals surface area contributed by atoms with Crippen molar-refractivity contribution in [1.82, 2.24) is 10.3 Å². The Labute approximate surface area is 107 Å². The largest absolute Gasteiger partial charge is 0.308 e. The Balaban J connectivity index is 2.41. The molecule has 2 rings (SSSR count). The molecule has 94 valence electrons. The molecule has 3 heteroatoms. The molecule has 0 aliphatic carbocycles. The van der Waals surface area contributed by atoms with Crippen LogP contribution in [0, 0.1) is 19.7 Å². The van der Waals surface area contributed by atoms with Gasteiger partial charge < -0.3 is 5.32 Å². The van der Waals surface area contributed by atoms with Crippen LogP contribution >= 0.6 is 0 Å². The molecule has 0 amide bonds. The summed E-state index contributed by atoms with van der Waals surface area (Å²) >= 11 is 0. The molecule has 18 heavy (non-hydrogen) atoms. The zero-order valence-corrected chi connectivity index (χ0v) is 10.9. The average Bonchev–Trinajstić information content (AvgIpc) is 2.31. The highest BCUT2D eigenvalue weighted by Gasteiger charge is 2.13. The smallest absolute Gasteiger partial charge is 0.141 e. The van der Waals surface area contributed by atoms with Crippen LogP contribution < -0.4 is 5.32 Å². The van der Waals surface area contributed by atoms with Crippen molar-refractivity contribution in [2.24, 2.45) is 0 Å². The minimum atomic E-state index is -0.311. The molecular weight excluding hydrogens is 227 g/mol. The van der Waals surface area contributed by atoms with E-state index in [-0.39, 0.29) is 11.9 Å². The molecule has 1 aromatic carbocycles. The van der Waals surface area contributed by atoms with Crippen LogP contribution in [0.1, 0.15) is 28.4 Å². The van der Waals surface area contributed by atoms with Crippen molar-refractivity contribution in [3.8, 4) is 0 Å². The third-order valence-corrected chi connectivity index (χ3v) is 2.91. The van der Waals surface area contributed by atoms with Crippen molar-refractivity contribution < 1.29 is 4.39 Å². The van der Waals surface area contributed by atoms with Crippen molar-refractivity contribution in [2.75, 3.05) is 7.05 Å². The van der Waals surface area contributed by atoms with Gasteiger partial charge in [-0.2, -0.15) is 0 Å². The third-order valence-electron chi connectivity index (χ3n) is 2.91. The molecule has 0 saturated heterocycles. The fourth-order valence-corrected chi connectivity index (χ4v) is 2.22. The summed E-state index contributed by atoms with van der Waals surface area (Å²) in [5.74, 6) is -0.311. The summed E-state index contributed by atoms with van der Waals surface area (Å²) in [6.45, 7) is 4.14. The second-order valence-electron chi connectivity index (χ2n) is 4.54. The molecule has 1 aromatic heterocycles. The first-order chi connectivity index (χ1) is 8.60. The van der Waals surface area contributed by atoms with Crippen LogP contribution in [0.25, 0.3) is 0 Å². The minimum Gasteiger partial charge on any atom is -0.308 e. The monoisotopic (exact) mass is 244 g/mol. The van der Waals surface area contributed by atoms with Gasteiger partial charge in [0, 0.05) is 0 Å². The lowest BCUT2D eigenvalue weighted by molar-refractivity contribution is 0.609. The Morgan fingerprint density at radius 1 is 1.11 bits per heavy atom. The van der Waals surface area contributed by atoms with Gasteiger partial charge in [0.1, 0.15) is 5.82 Å². The molecule has 0 aliphatic heterocycles. The molecule has 0 fully saturated rings. The number of benzene rings is 1. The highest BCUT2D eigenvalue weighted by Crippen LogP contribution is 2.22. The number of aromatic nitrogens is 1. The lowest BCUT2D eigenvalue weighted by Crippen LogP contribution is -2.19. The average molecular weight is 244 g/mol. The second kappa shape index (κ2) is 5.27. The van der Waals surface area contributed by atoms with Crippen LogP contribution in [0.2, 0.25) is 0 Å². The summed E-state index contributed by atoms with van der Waals surface area (Å²) in [4.78, 5) is 4.15. The molecule has 0 bridgehead atoms. The molecule has 1 heterocycles. The molecular formula is C15H17FN2. The van der Waals surface area contributed by atoms with Gasteiger partial charge in [0.05, 0.1) is 17.9 Å². The van der Waals surface area contributed by atoms with E-state index in [2.05, 4.69) is 42.3 Å². The highest BCUT2D eigenvalue weighted by molar-refractivity contribution is 5.34. The first-order valence-corrected chi connectivity index (χ1v) is 5.97. The first-order valence-electron chi connectivity index (χ1n) is 5.97. The fourth-order valence-electron chi connectivity index (χ4n) is 2.22. The molecule has 2 aromatic rings. The van der Waals surface area contributed by atoms with Crippen molar-refractivity contribution >= 4 is 0 Å². The number of nitrogens with zero attached hydrogens (tertiary/aromatic N) is 1. The van der Waals surface area contributed by atoms with E-state index in [0.29, 0.717) is 0 Å². The Morgan fingerprint density at radius 2 is 1.78 bits per heavy atom. The van der Waals surface area contributed by atoms with E-state index < -0.39 is 0 Å². The van der Waals surface area contributed by atoms with Crippen molar-refractivity contribution in [3.05, 3.63) is 64.7 Å². The number of nitrogens with one attached hydrogen (secondary N) is 1. The minimum absolute atomic E-state index is 0.0100. The number of hydrogen-bond acceptors (Lipinski definition) is 2. The molecule has 0 radical (unpaired) electrons. The van der Waals surface area contributed by atoms with Crippen LogP contribution in [-0.2, 0) is 0 Å². The Morgan fingerprint density at radius 3 is 2.28 bits per heavy atom. The molecule has 1 unspecified atom stereocenters.